The Morgan fingerprint density at radius 3 is 1.93 bits per heavy atom. The van der Waals surface area contributed by atoms with Crippen molar-refractivity contribution in [2.75, 3.05) is 0 Å². The minimum Gasteiger partial charge on any atom is -0.345 e. The first kappa shape index (κ1) is 21.0. The van der Waals surface area contributed by atoms with Gasteiger partial charge >= 0.3 is 5.76 Å². The van der Waals surface area contributed by atoms with Gasteiger partial charge in [0.25, 0.3) is 5.91 Å². The number of alkyl halides is 2. The van der Waals surface area contributed by atoms with Crippen molar-refractivity contribution >= 4 is 15.7 Å². The molecule has 0 bridgehead atoms. The molecule has 0 radical (unpaired) electrons. The predicted octanol–water partition coefficient (Wildman–Crippen LogP) is 4.34. The van der Waals surface area contributed by atoms with Crippen LogP contribution in [0, 0.1) is 11.2 Å². The predicted molar refractivity (Wildman–Crippen MR) is 95.7 cm³/mol. The van der Waals surface area contributed by atoms with Crippen LogP contribution in [-0.4, -0.2) is 20.1 Å². The van der Waals surface area contributed by atoms with E-state index in [0.717, 1.165) is 12.1 Å². The molecular formula is C19H20F3NO3S. The number of sulfone groups is 1. The molecule has 0 aliphatic rings. The van der Waals surface area contributed by atoms with Gasteiger partial charge in [0.1, 0.15) is 5.82 Å². The van der Waals surface area contributed by atoms with Crippen molar-refractivity contribution in [3.8, 4) is 0 Å². The summed E-state index contributed by atoms with van der Waals surface area (Å²) in [4.78, 5) is 12.0. The molecule has 0 fully saturated rings. The molecule has 0 spiro atoms. The monoisotopic (exact) mass is 399 g/mol. The zero-order valence-electron chi connectivity index (χ0n) is 15.0. The number of carbonyl (C=O) groups excluding carboxylic acids is 1. The van der Waals surface area contributed by atoms with Gasteiger partial charge in [0.15, 0.2) is 0 Å². The first-order chi connectivity index (χ1) is 12.4. The van der Waals surface area contributed by atoms with Gasteiger partial charge in [-0.2, -0.15) is 8.78 Å². The second-order valence-corrected chi connectivity index (χ2v) is 9.07. The normalized spacial score (nSPS) is 13.4. The molecule has 1 atom stereocenters. The van der Waals surface area contributed by atoms with Gasteiger partial charge in [-0.3, -0.25) is 4.79 Å². The van der Waals surface area contributed by atoms with Gasteiger partial charge < -0.3 is 5.32 Å². The van der Waals surface area contributed by atoms with Gasteiger partial charge in [-0.15, -0.1) is 0 Å². The fraction of sp³-hybridized carbons (Fsp3) is 0.316. The Balaban J connectivity index is 2.27. The van der Waals surface area contributed by atoms with Crippen molar-refractivity contribution in [3.63, 3.8) is 0 Å². The van der Waals surface area contributed by atoms with E-state index in [0.29, 0.717) is 5.56 Å². The van der Waals surface area contributed by atoms with E-state index >= 15 is 0 Å². The van der Waals surface area contributed by atoms with Gasteiger partial charge in [-0.1, -0.05) is 32.9 Å². The molecule has 0 aliphatic carbocycles. The van der Waals surface area contributed by atoms with E-state index in [2.05, 4.69) is 5.32 Å². The third-order valence-corrected chi connectivity index (χ3v) is 5.42. The summed E-state index contributed by atoms with van der Waals surface area (Å²) >= 11 is 0. The Morgan fingerprint density at radius 2 is 1.48 bits per heavy atom. The van der Waals surface area contributed by atoms with Crippen LogP contribution in [0.4, 0.5) is 13.2 Å². The fourth-order valence-electron chi connectivity index (χ4n) is 2.57. The van der Waals surface area contributed by atoms with E-state index in [9.17, 15) is 26.4 Å². The van der Waals surface area contributed by atoms with Crippen molar-refractivity contribution in [1.29, 1.82) is 0 Å². The molecule has 0 saturated heterocycles. The van der Waals surface area contributed by atoms with Crippen LogP contribution < -0.4 is 5.32 Å². The lowest BCUT2D eigenvalue weighted by Crippen LogP contribution is -2.36. The number of benzene rings is 2. The lowest BCUT2D eigenvalue weighted by molar-refractivity contribution is 0.0901. The highest BCUT2D eigenvalue weighted by molar-refractivity contribution is 7.91. The van der Waals surface area contributed by atoms with Crippen molar-refractivity contribution in [2.24, 2.45) is 5.41 Å². The summed E-state index contributed by atoms with van der Waals surface area (Å²) in [5.41, 5.74) is 0.431. The summed E-state index contributed by atoms with van der Waals surface area (Å²) in [7, 11) is -4.71. The molecule has 1 N–H and O–H groups in total. The van der Waals surface area contributed by atoms with Crippen LogP contribution in [0.3, 0.4) is 0 Å². The molecule has 4 nitrogen and oxygen atoms in total. The molecular weight excluding hydrogens is 379 g/mol. The first-order valence-corrected chi connectivity index (χ1v) is 9.66. The minimum atomic E-state index is -4.71. The summed E-state index contributed by atoms with van der Waals surface area (Å²) in [5, 5.41) is 2.83. The van der Waals surface area contributed by atoms with Crippen molar-refractivity contribution in [2.45, 2.75) is 37.5 Å². The fourth-order valence-corrected chi connectivity index (χ4v) is 3.29. The highest BCUT2D eigenvalue weighted by atomic mass is 32.2. The van der Waals surface area contributed by atoms with Crippen molar-refractivity contribution in [1.82, 2.24) is 5.32 Å². The zero-order chi connectivity index (χ0) is 20.4. The van der Waals surface area contributed by atoms with Crippen LogP contribution >= 0.6 is 0 Å². The summed E-state index contributed by atoms with van der Waals surface area (Å²) < 4.78 is 61.2. The van der Waals surface area contributed by atoms with Crippen LogP contribution in [0.1, 0.15) is 42.7 Å². The lowest BCUT2D eigenvalue weighted by atomic mass is 9.82. The lowest BCUT2D eigenvalue weighted by Gasteiger charge is -2.32. The number of halogens is 3. The van der Waals surface area contributed by atoms with Crippen LogP contribution in [-0.2, 0) is 9.84 Å². The van der Waals surface area contributed by atoms with E-state index < -0.39 is 43.7 Å². The number of hydrogen-bond acceptors (Lipinski definition) is 3. The van der Waals surface area contributed by atoms with Crippen LogP contribution in [0.25, 0.3) is 0 Å². The van der Waals surface area contributed by atoms with E-state index in [1.54, 1.807) is 12.1 Å². The highest BCUT2D eigenvalue weighted by Crippen LogP contribution is 2.33. The molecule has 0 saturated carbocycles. The largest absolute Gasteiger partial charge is 0.345 e. The Kier molecular flexibility index (Phi) is 5.99. The van der Waals surface area contributed by atoms with E-state index in [-0.39, 0.29) is 5.56 Å². The molecule has 1 amide bonds. The number of amides is 1. The molecule has 27 heavy (non-hydrogen) atoms. The Labute approximate surface area is 156 Å². The zero-order valence-corrected chi connectivity index (χ0v) is 15.9. The molecule has 0 heterocycles. The second kappa shape index (κ2) is 7.72. The topological polar surface area (TPSA) is 63.2 Å². The maximum Gasteiger partial charge on any atom is 0.341 e. The Hall–Kier alpha value is -2.35. The number of hydrogen-bond donors (Lipinski definition) is 1. The quantitative estimate of drug-likeness (QED) is 0.814. The summed E-state index contributed by atoms with van der Waals surface area (Å²) in [6.07, 6.45) is 0. The average Bonchev–Trinajstić information content (AvgIpc) is 2.59. The molecule has 2 aromatic rings. The SMILES string of the molecule is CC(C)(C)C(NC(=O)c1ccc(S(=O)(=O)C(F)F)cc1)c1ccc(F)cc1. The smallest absolute Gasteiger partial charge is 0.341 e. The minimum absolute atomic E-state index is 0.125. The van der Waals surface area contributed by atoms with Gasteiger partial charge in [0.05, 0.1) is 10.9 Å². The third-order valence-electron chi connectivity index (χ3n) is 4.02. The number of carbonyl (C=O) groups is 1. The van der Waals surface area contributed by atoms with Gasteiger partial charge in [0.2, 0.25) is 9.84 Å². The summed E-state index contributed by atoms with van der Waals surface area (Å²) in [6, 6.07) is 9.59. The molecule has 1 unspecified atom stereocenters. The van der Waals surface area contributed by atoms with E-state index in [1.807, 2.05) is 20.8 Å². The number of rotatable bonds is 5. The number of nitrogens with one attached hydrogen (secondary N) is 1. The summed E-state index contributed by atoms with van der Waals surface area (Å²) in [6.45, 7) is 5.71. The maximum atomic E-state index is 13.2. The molecule has 0 aliphatic heterocycles. The van der Waals surface area contributed by atoms with Crippen LogP contribution in [0.5, 0.6) is 0 Å². The van der Waals surface area contributed by atoms with Crippen molar-refractivity contribution < 1.29 is 26.4 Å². The summed E-state index contributed by atoms with van der Waals surface area (Å²) in [5.74, 6) is -4.42. The highest BCUT2D eigenvalue weighted by Gasteiger charge is 2.29. The standard InChI is InChI=1S/C19H20F3NO3S/c1-19(2,3)16(12-4-8-14(20)9-5-12)23-17(24)13-6-10-15(11-7-13)27(25,26)18(21)22/h4-11,16,18H,1-3H3,(H,23,24). The van der Waals surface area contributed by atoms with Crippen LogP contribution in [0.15, 0.2) is 53.4 Å². The molecule has 8 heteroatoms. The van der Waals surface area contributed by atoms with Gasteiger partial charge in [-0.05, 0) is 47.4 Å². The average molecular weight is 399 g/mol. The van der Waals surface area contributed by atoms with Crippen LogP contribution in [0.2, 0.25) is 0 Å². The second-order valence-electron chi connectivity index (χ2n) is 7.15. The van der Waals surface area contributed by atoms with Gasteiger partial charge in [0, 0.05) is 5.56 Å². The molecule has 0 aromatic heterocycles. The first-order valence-electron chi connectivity index (χ1n) is 8.11. The third kappa shape index (κ3) is 4.88. The molecule has 146 valence electrons. The van der Waals surface area contributed by atoms with Gasteiger partial charge in [-0.25, -0.2) is 12.8 Å². The maximum absolute atomic E-state index is 13.2. The Morgan fingerprint density at radius 1 is 0.963 bits per heavy atom. The van der Waals surface area contributed by atoms with E-state index in [4.69, 9.17) is 0 Å². The van der Waals surface area contributed by atoms with Crippen molar-refractivity contribution in [3.05, 3.63) is 65.5 Å². The van der Waals surface area contributed by atoms with E-state index in [1.165, 1.54) is 24.3 Å². The molecule has 2 rings (SSSR count). The Bertz CT molecular complexity index is 903. The molecule has 2 aromatic carbocycles.